The summed E-state index contributed by atoms with van der Waals surface area (Å²) in [6, 6.07) is 17.6. The van der Waals surface area contributed by atoms with E-state index in [0.29, 0.717) is 5.02 Å². The molecule has 1 amide bonds. The van der Waals surface area contributed by atoms with E-state index in [0.717, 1.165) is 12.0 Å². The average molecular weight is 300 g/mol. The smallest absolute Gasteiger partial charge is 0.244 e. The zero-order valence-corrected chi connectivity index (χ0v) is 12.7. The van der Waals surface area contributed by atoms with Crippen molar-refractivity contribution >= 4 is 23.6 Å². The Hall–Kier alpha value is -2.06. The monoisotopic (exact) mass is 299 g/mol. The Kier molecular flexibility index (Phi) is 5.59. The molecule has 0 fully saturated rings. The van der Waals surface area contributed by atoms with E-state index in [-0.39, 0.29) is 11.9 Å². The van der Waals surface area contributed by atoms with E-state index in [1.807, 2.05) is 37.3 Å². The first-order chi connectivity index (χ1) is 10.1. The molecule has 2 aromatic carbocycles. The van der Waals surface area contributed by atoms with Gasteiger partial charge in [-0.1, -0.05) is 54.1 Å². The molecule has 0 radical (unpaired) electrons. The van der Waals surface area contributed by atoms with Crippen LogP contribution in [0.2, 0.25) is 5.02 Å². The zero-order valence-electron chi connectivity index (χ0n) is 11.9. The first-order valence-electron chi connectivity index (χ1n) is 6.91. The van der Waals surface area contributed by atoms with Crippen molar-refractivity contribution in [3.05, 3.63) is 76.8 Å². The van der Waals surface area contributed by atoms with Crippen LogP contribution in [0.25, 0.3) is 6.08 Å². The van der Waals surface area contributed by atoms with Gasteiger partial charge in [0.15, 0.2) is 0 Å². The first kappa shape index (κ1) is 15.3. The lowest BCUT2D eigenvalue weighted by Crippen LogP contribution is -2.32. The Morgan fingerprint density at radius 2 is 1.81 bits per heavy atom. The Morgan fingerprint density at radius 3 is 2.48 bits per heavy atom. The number of halogens is 1. The molecule has 0 spiro atoms. The molecule has 108 valence electrons. The lowest BCUT2D eigenvalue weighted by molar-refractivity contribution is -0.117. The Labute approximate surface area is 130 Å². The normalized spacial score (nSPS) is 12.3. The molecule has 0 heterocycles. The molecular formula is C18H18ClNO. The van der Waals surface area contributed by atoms with Crippen molar-refractivity contribution in [1.29, 1.82) is 0 Å². The summed E-state index contributed by atoms with van der Waals surface area (Å²) in [5, 5.41) is 3.65. The molecule has 0 aliphatic heterocycles. The highest BCUT2D eigenvalue weighted by Gasteiger charge is 2.05. The maximum atomic E-state index is 11.9. The third kappa shape index (κ3) is 5.44. The highest BCUT2D eigenvalue weighted by molar-refractivity contribution is 6.30. The van der Waals surface area contributed by atoms with Gasteiger partial charge in [0.05, 0.1) is 0 Å². The predicted octanol–water partition coefficient (Wildman–Crippen LogP) is 4.10. The van der Waals surface area contributed by atoms with E-state index in [9.17, 15) is 4.79 Å². The second kappa shape index (κ2) is 7.65. The fraction of sp³-hybridized carbons (Fsp3) is 0.167. The van der Waals surface area contributed by atoms with Crippen LogP contribution in [0.5, 0.6) is 0 Å². The van der Waals surface area contributed by atoms with Crippen LogP contribution in [0.4, 0.5) is 0 Å². The minimum absolute atomic E-state index is 0.0895. The highest BCUT2D eigenvalue weighted by Crippen LogP contribution is 2.10. The van der Waals surface area contributed by atoms with Crippen LogP contribution in [0.15, 0.2) is 60.7 Å². The van der Waals surface area contributed by atoms with Crippen LogP contribution in [0.1, 0.15) is 18.1 Å². The largest absolute Gasteiger partial charge is 0.350 e. The summed E-state index contributed by atoms with van der Waals surface area (Å²) < 4.78 is 0. The van der Waals surface area contributed by atoms with Crippen LogP contribution < -0.4 is 5.32 Å². The Balaban J connectivity index is 1.85. The molecule has 0 aromatic heterocycles. The van der Waals surface area contributed by atoms with Gasteiger partial charge in [-0.05, 0) is 42.7 Å². The number of rotatable bonds is 5. The van der Waals surface area contributed by atoms with Crippen molar-refractivity contribution in [2.24, 2.45) is 0 Å². The standard InChI is InChI=1S/C18H18ClNO/c1-14(13-16-5-3-2-4-6-16)20-18(21)12-9-15-7-10-17(19)11-8-15/h2-12,14H,13H2,1H3,(H,20,21)/b12-9+/t14-/m1/s1. The summed E-state index contributed by atoms with van der Waals surface area (Å²) in [5.41, 5.74) is 2.16. The summed E-state index contributed by atoms with van der Waals surface area (Å²) in [6.07, 6.45) is 4.15. The summed E-state index contributed by atoms with van der Waals surface area (Å²) in [5.74, 6) is -0.0895. The molecule has 0 bridgehead atoms. The molecule has 0 aliphatic rings. The number of carbonyl (C=O) groups is 1. The summed E-state index contributed by atoms with van der Waals surface area (Å²) in [6.45, 7) is 2.00. The molecule has 21 heavy (non-hydrogen) atoms. The molecule has 2 rings (SSSR count). The second-order valence-corrected chi connectivity index (χ2v) is 5.42. The van der Waals surface area contributed by atoms with Gasteiger partial charge < -0.3 is 5.32 Å². The molecule has 0 unspecified atom stereocenters. The van der Waals surface area contributed by atoms with Crippen LogP contribution in [0.3, 0.4) is 0 Å². The van der Waals surface area contributed by atoms with Crippen LogP contribution in [0, 0.1) is 0 Å². The molecular weight excluding hydrogens is 282 g/mol. The number of nitrogens with one attached hydrogen (secondary N) is 1. The van der Waals surface area contributed by atoms with Crippen LogP contribution in [-0.2, 0) is 11.2 Å². The Morgan fingerprint density at radius 1 is 1.14 bits per heavy atom. The molecule has 0 aliphatic carbocycles. The third-order valence-electron chi connectivity index (χ3n) is 3.07. The fourth-order valence-corrected chi connectivity index (χ4v) is 2.18. The number of hydrogen-bond donors (Lipinski definition) is 1. The van der Waals surface area contributed by atoms with Gasteiger partial charge in [-0.25, -0.2) is 0 Å². The lowest BCUT2D eigenvalue weighted by Gasteiger charge is -2.12. The van der Waals surface area contributed by atoms with Gasteiger partial charge in [0, 0.05) is 17.1 Å². The summed E-state index contributed by atoms with van der Waals surface area (Å²) >= 11 is 5.82. The van der Waals surface area contributed by atoms with Gasteiger partial charge in [0.2, 0.25) is 5.91 Å². The fourth-order valence-electron chi connectivity index (χ4n) is 2.06. The van der Waals surface area contributed by atoms with Gasteiger partial charge in [0.1, 0.15) is 0 Å². The van der Waals surface area contributed by atoms with Crippen molar-refractivity contribution in [2.75, 3.05) is 0 Å². The van der Waals surface area contributed by atoms with Gasteiger partial charge in [-0.3, -0.25) is 4.79 Å². The van der Waals surface area contributed by atoms with Crippen molar-refractivity contribution in [2.45, 2.75) is 19.4 Å². The van der Waals surface area contributed by atoms with Crippen molar-refractivity contribution in [3.63, 3.8) is 0 Å². The SMILES string of the molecule is C[C@H](Cc1ccccc1)NC(=O)/C=C/c1ccc(Cl)cc1. The summed E-state index contributed by atoms with van der Waals surface area (Å²) in [7, 11) is 0. The Bertz CT molecular complexity index is 605. The number of benzene rings is 2. The molecule has 2 nitrogen and oxygen atoms in total. The van der Waals surface area contributed by atoms with E-state index in [1.54, 1.807) is 24.3 Å². The van der Waals surface area contributed by atoms with Gasteiger partial charge in [-0.15, -0.1) is 0 Å². The summed E-state index contributed by atoms with van der Waals surface area (Å²) in [4.78, 5) is 11.9. The van der Waals surface area contributed by atoms with Crippen molar-refractivity contribution in [1.82, 2.24) is 5.32 Å². The van der Waals surface area contributed by atoms with E-state index >= 15 is 0 Å². The molecule has 0 saturated heterocycles. The van der Waals surface area contributed by atoms with Crippen LogP contribution >= 0.6 is 11.6 Å². The molecule has 3 heteroatoms. The first-order valence-corrected chi connectivity index (χ1v) is 7.29. The van der Waals surface area contributed by atoms with Crippen molar-refractivity contribution < 1.29 is 4.79 Å². The number of hydrogen-bond acceptors (Lipinski definition) is 1. The molecule has 0 saturated carbocycles. The van der Waals surface area contributed by atoms with Gasteiger partial charge in [0.25, 0.3) is 0 Å². The van der Waals surface area contributed by atoms with E-state index in [2.05, 4.69) is 17.4 Å². The second-order valence-electron chi connectivity index (χ2n) is 4.98. The topological polar surface area (TPSA) is 29.1 Å². The third-order valence-corrected chi connectivity index (χ3v) is 3.32. The van der Waals surface area contributed by atoms with E-state index in [4.69, 9.17) is 11.6 Å². The average Bonchev–Trinajstić information content (AvgIpc) is 2.47. The highest BCUT2D eigenvalue weighted by atomic mass is 35.5. The van der Waals surface area contributed by atoms with Crippen LogP contribution in [-0.4, -0.2) is 11.9 Å². The number of amides is 1. The van der Waals surface area contributed by atoms with Gasteiger partial charge in [-0.2, -0.15) is 0 Å². The maximum absolute atomic E-state index is 11.9. The zero-order chi connectivity index (χ0) is 15.1. The quantitative estimate of drug-likeness (QED) is 0.827. The predicted molar refractivity (Wildman–Crippen MR) is 88.2 cm³/mol. The van der Waals surface area contributed by atoms with Crippen molar-refractivity contribution in [3.8, 4) is 0 Å². The molecule has 2 aromatic rings. The minimum atomic E-state index is -0.0895. The molecule has 1 N–H and O–H groups in total. The van der Waals surface area contributed by atoms with E-state index < -0.39 is 0 Å². The van der Waals surface area contributed by atoms with Gasteiger partial charge >= 0.3 is 0 Å². The molecule has 1 atom stereocenters. The number of carbonyl (C=O) groups excluding carboxylic acids is 1. The minimum Gasteiger partial charge on any atom is -0.350 e. The maximum Gasteiger partial charge on any atom is 0.244 e. The van der Waals surface area contributed by atoms with E-state index in [1.165, 1.54) is 5.56 Å². The lowest BCUT2D eigenvalue weighted by atomic mass is 10.1.